The summed E-state index contributed by atoms with van der Waals surface area (Å²) in [4.78, 5) is -0.170. The van der Waals surface area contributed by atoms with Gasteiger partial charge in [0.05, 0.1) is 29.8 Å². The van der Waals surface area contributed by atoms with Crippen molar-refractivity contribution in [3.05, 3.63) is 24.0 Å². The quantitative estimate of drug-likeness (QED) is 0.620. The SMILES string of the molecule is COCC(CO)NS(=O)(=O)c1ccc(F)c(N)c1. The zero-order chi connectivity index (χ0) is 13.8. The zero-order valence-corrected chi connectivity index (χ0v) is 10.6. The van der Waals surface area contributed by atoms with Crippen molar-refractivity contribution >= 4 is 15.7 Å². The molecule has 4 N–H and O–H groups in total. The third-order valence-electron chi connectivity index (χ3n) is 2.19. The Balaban J connectivity index is 2.95. The molecule has 1 aromatic carbocycles. The number of benzene rings is 1. The summed E-state index contributed by atoms with van der Waals surface area (Å²) in [6.45, 7) is -0.393. The number of nitrogens with two attached hydrogens (primary N) is 1. The highest BCUT2D eigenvalue weighted by molar-refractivity contribution is 7.89. The molecule has 6 nitrogen and oxygen atoms in total. The second-order valence-electron chi connectivity index (χ2n) is 3.64. The molecule has 1 rings (SSSR count). The van der Waals surface area contributed by atoms with Crippen LogP contribution in [0.15, 0.2) is 23.1 Å². The van der Waals surface area contributed by atoms with Crippen LogP contribution in [0.2, 0.25) is 0 Å². The summed E-state index contributed by atoms with van der Waals surface area (Å²) >= 11 is 0. The molecule has 102 valence electrons. The zero-order valence-electron chi connectivity index (χ0n) is 9.76. The van der Waals surface area contributed by atoms with Gasteiger partial charge in [-0.25, -0.2) is 17.5 Å². The lowest BCUT2D eigenvalue weighted by molar-refractivity contribution is 0.139. The Bertz CT molecular complexity index is 507. The number of halogens is 1. The Labute approximate surface area is 105 Å². The number of methoxy groups -OCH3 is 1. The second kappa shape index (κ2) is 6.10. The summed E-state index contributed by atoms with van der Waals surface area (Å²) in [7, 11) is -2.49. The van der Waals surface area contributed by atoms with E-state index >= 15 is 0 Å². The first-order valence-electron chi connectivity index (χ1n) is 5.08. The van der Waals surface area contributed by atoms with Crippen molar-refractivity contribution < 1.29 is 22.7 Å². The number of hydrogen-bond donors (Lipinski definition) is 3. The van der Waals surface area contributed by atoms with E-state index in [2.05, 4.69) is 4.72 Å². The second-order valence-corrected chi connectivity index (χ2v) is 5.35. The van der Waals surface area contributed by atoms with Gasteiger partial charge in [-0.3, -0.25) is 0 Å². The van der Waals surface area contributed by atoms with Gasteiger partial charge in [0.25, 0.3) is 0 Å². The summed E-state index contributed by atoms with van der Waals surface area (Å²) in [5, 5.41) is 8.97. The van der Waals surface area contributed by atoms with Crippen LogP contribution in [0.3, 0.4) is 0 Å². The molecule has 0 saturated carbocycles. The van der Waals surface area contributed by atoms with Gasteiger partial charge in [0.1, 0.15) is 5.82 Å². The van der Waals surface area contributed by atoms with Crippen molar-refractivity contribution in [1.82, 2.24) is 4.72 Å². The molecule has 0 amide bonds. The van der Waals surface area contributed by atoms with Crippen molar-refractivity contribution in [2.24, 2.45) is 0 Å². The highest BCUT2D eigenvalue weighted by Crippen LogP contribution is 2.16. The molecular weight excluding hydrogens is 263 g/mol. The topological polar surface area (TPSA) is 102 Å². The highest BCUT2D eigenvalue weighted by atomic mass is 32.2. The third kappa shape index (κ3) is 3.64. The number of sulfonamides is 1. The largest absolute Gasteiger partial charge is 0.396 e. The average molecular weight is 278 g/mol. The third-order valence-corrected chi connectivity index (χ3v) is 3.71. The maximum Gasteiger partial charge on any atom is 0.241 e. The summed E-state index contributed by atoms with van der Waals surface area (Å²) in [5.41, 5.74) is 5.04. The fourth-order valence-corrected chi connectivity index (χ4v) is 2.55. The van der Waals surface area contributed by atoms with E-state index in [0.717, 1.165) is 18.2 Å². The Morgan fingerprint density at radius 2 is 2.22 bits per heavy atom. The highest BCUT2D eigenvalue weighted by Gasteiger charge is 2.20. The Morgan fingerprint density at radius 1 is 1.56 bits per heavy atom. The van der Waals surface area contributed by atoms with E-state index in [9.17, 15) is 12.8 Å². The lowest BCUT2D eigenvalue weighted by Crippen LogP contribution is -2.40. The van der Waals surface area contributed by atoms with Crippen molar-refractivity contribution in [3.8, 4) is 0 Å². The van der Waals surface area contributed by atoms with Gasteiger partial charge in [0.2, 0.25) is 10.0 Å². The summed E-state index contributed by atoms with van der Waals surface area (Å²) in [6.07, 6.45) is 0. The van der Waals surface area contributed by atoms with Crippen LogP contribution in [-0.2, 0) is 14.8 Å². The number of hydrogen-bond acceptors (Lipinski definition) is 5. The summed E-state index contributed by atoms with van der Waals surface area (Å²) in [5.74, 6) is -0.690. The molecule has 0 aromatic heterocycles. The lowest BCUT2D eigenvalue weighted by Gasteiger charge is -2.15. The van der Waals surface area contributed by atoms with Crippen LogP contribution in [0.25, 0.3) is 0 Å². The molecule has 0 aliphatic rings. The van der Waals surface area contributed by atoms with E-state index in [1.165, 1.54) is 7.11 Å². The smallest absolute Gasteiger partial charge is 0.241 e. The van der Waals surface area contributed by atoms with Gasteiger partial charge in [-0.1, -0.05) is 0 Å². The normalized spacial score (nSPS) is 13.5. The van der Waals surface area contributed by atoms with Crippen LogP contribution >= 0.6 is 0 Å². The number of ether oxygens (including phenoxy) is 1. The lowest BCUT2D eigenvalue weighted by atomic mass is 10.3. The minimum absolute atomic E-state index is 0.0202. The van der Waals surface area contributed by atoms with Crippen LogP contribution in [0.5, 0.6) is 0 Å². The Hall–Kier alpha value is -1.22. The number of nitrogen functional groups attached to an aromatic ring is 1. The number of nitrogens with one attached hydrogen (secondary N) is 1. The number of anilines is 1. The molecule has 1 atom stereocenters. The molecule has 0 saturated heterocycles. The first-order chi connectivity index (χ1) is 8.40. The molecule has 8 heteroatoms. The van der Waals surface area contributed by atoms with E-state index in [0.29, 0.717) is 0 Å². The molecule has 1 aromatic rings. The molecular formula is C10H15FN2O4S. The average Bonchev–Trinajstić information content (AvgIpc) is 2.31. The van der Waals surface area contributed by atoms with Crippen molar-refractivity contribution in [1.29, 1.82) is 0 Å². The number of rotatable bonds is 6. The first-order valence-corrected chi connectivity index (χ1v) is 6.56. The van der Waals surface area contributed by atoms with Gasteiger partial charge in [-0.15, -0.1) is 0 Å². The predicted octanol–water partition coefficient (Wildman–Crippen LogP) is -0.306. The van der Waals surface area contributed by atoms with Gasteiger partial charge < -0.3 is 15.6 Å². The monoisotopic (exact) mass is 278 g/mol. The summed E-state index contributed by atoms with van der Waals surface area (Å²) in [6, 6.07) is 2.30. The molecule has 0 bridgehead atoms. The van der Waals surface area contributed by atoms with E-state index in [4.69, 9.17) is 15.6 Å². The minimum atomic E-state index is -3.87. The van der Waals surface area contributed by atoms with E-state index < -0.39 is 28.5 Å². The Morgan fingerprint density at radius 3 is 2.72 bits per heavy atom. The van der Waals surface area contributed by atoms with E-state index in [1.807, 2.05) is 0 Å². The van der Waals surface area contributed by atoms with Gasteiger partial charge in [-0.05, 0) is 18.2 Å². The van der Waals surface area contributed by atoms with Crippen LogP contribution in [0, 0.1) is 5.82 Å². The van der Waals surface area contributed by atoms with E-state index in [-0.39, 0.29) is 17.2 Å². The molecule has 0 aliphatic carbocycles. The van der Waals surface area contributed by atoms with Gasteiger partial charge in [-0.2, -0.15) is 0 Å². The number of aliphatic hydroxyl groups is 1. The van der Waals surface area contributed by atoms with Gasteiger partial charge in [0, 0.05) is 7.11 Å². The maximum absolute atomic E-state index is 12.9. The standard InChI is InChI=1S/C10H15FN2O4S/c1-17-6-7(5-14)13-18(15,16)8-2-3-9(11)10(12)4-8/h2-4,7,13-14H,5-6,12H2,1H3. The fraction of sp³-hybridized carbons (Fsp3) is 0.400. The molecule has 0 heterocycles. The first kappa shape index (κ1) is 14.8. The van der Waals surface area contributed by atoms with Crippen molar-refractivity contribution in [2.75, 3.05) is 26.1 Å². The van der Waals surface area contributed by atoms with Crippen LogP contribution in [0.1, 0.15) is 0 Å². The molecule has 18 heavy (non-hydrogen) atoms. The Kier molecular flexibility index (Phi) is 5.03. The molecule has 0 radical (unpaired) electrons. The minimum Gasteiger partial charge on any atom is -0.396 e. The van der Waals surface area contributed by atoms with Crippen LogP contribution in [0.4, 0.5) is 10.1 Å². The molecule has 1 unspecified atom stereocenters. The van der Waals surface area contributed by atoms with Crippen molar-refractivity contribution in [2.45, 2.75) is 10.9 Å². The van der Waals surface area contributed by atoms with Crippen molar-refractivity contribution in [3.63, 3.8) is 0 Å². The van der Waals surface area contributed by atoms with E-state index in [1.54, 1.807) is 0 Å². The number of aliphatic hydroxyl groups excluding tert-OH is 1. The van der Waals surface area contributed by atoms with Crippen LogP contribution in [-0.4, -0.2) is 39.9 Å². The fourth-order valence-electron chi connectivity index (χ4n) is 1.30. The van der Waals surface area contributed by atoms with Gasteiger partial charge >= 0.3 is 0 Å². The molecule has 0 fully saturated rings. The molecule has 0 spiro atoms. The van der Waals surface area contributed by atoms with Crippen LogP contribution < -0.4 is 10.5 Å². The maximum atomic E-state index is 12.9. The summed E-state index contributed by atoms with van der Waals surface area (Å²) < 4.78 is 43.7. The predicted molar refractivity (Wildman–Crippen MR) is 63.9 cm³/mol. The molecule has 0 aliphatic heterocycles. The van der Waals surface area contributed by atoms with Gasteiger partial charge in [0.15, 0.2) is 0 Å².